The molecule has 0 N–H and O–H groups in total. The van der Waals surface area contributed by atoms with Crippen molar-refractivity contribution in [2.24, 2.45) is 0 Å². The fourth-order valence-corrected chi connectivity index (χ4v) is 3.63. The molecular weight excluding hydrogens is 481 g/mol. The highest BCUT2D eigenvalue weighted by Gasteiger charge is 2.06. The number of ether oxygens (including phenoxy) is 2. The number of rotatable bonds is 12. The number of hydrogen-bond donors (Lipinski definition) is 0. The van der Waals surface area contributed by atoms with E-state index in [-0.39, 0.29) is 37.2 Å². The molecule has 1 heterocycles. The number of fused-ring (bicyclic) bond motifs is 2. The first-order valence-electron chi connectivity index (χ1n) is 11.2. The average molecular weight is 519 g/mol. The van der Waals surface area contributed by atoms with Crippen molar-refractivity contribution in [1.82, 2.24) is 14.8 Å². The molecular formula is C25H38Cl3N3O2. The summed E-state index contributed by atoms with van der Waals surface area (Å²) >= 11 is 0. The molecule has 0 atom stereocenters. The van der Waals surface area contributed by atoms with Crippen LogP contribution in [-0.4, -0.2) is 67.3 Å². The Hall–Kier alpha value is -1.50. The smallest absolute Gasteiger partial charge is 0.121 e. The topological polar surface area (TPSA) is 37.8 Å². The summed E-state index contributed by atoms with van der Waals surface area (Å²) in [4.78, 5) is 9.55. The van der Waals surface area contributed by atoms with Crippen LogP contribution in [0.3, 0.4) is 0 Å². The lowest BCUT2D eigenvalue weighted by molar-refractivity contribution is 0.223. The number of likely N-dealkylation sites (N-methyl/N-ethyl adjacent to an activating group) is 2. The molecule has 0 aliphatic carbocycles. The first kappa shape index (κ1) is 31.5. The summed E-state index contributed by atoms with van der Waals surface area (Å²) in [6, 6.07) is 14.5. The van der Waals surface area contributed by atoms with E-state index < -0.39 is 0 Å². The molecule has 0 fully saturated rings. The minimum Gasteiger partial charge on any atom is -0.492 e. The van der Waals surface area contributed by atoms with Crippen molar-refractivity contribution in [2.45, 2.75) is 27.7 Å². The van der Waals surface area contributed by atoms with Crippen molar-refractivity contribution in [3.8, 4) is 11.5 Å². The van der Waals surface area contributed by atoms with E-state index >= 15 is 0 Å². The fourth-order valence-electron chi connectivity index (χ4n) is 3.63. The van der Waals surface area contributed by atoms with E-state index in [1.54, 1.807) is 0 Å². The van der Waals surface area contributed by atoms with Gasteiger partial charge >= 0.3 is 0 Å². The lowest BCUT2D eigenvalue weighted by Crippen LogP contribution is -2.27. The quantitative estimate of drug-likeness (QED) is 0.271. The molecule has 186 valence electrons. The number of nitrogens with zero attached hydrogens (tertiary/aromatic N) is 3. The van der Waals surface area contributed by atoms with Gasteiger partial charge in [-0.25, -0.2) is 4.98 Å². The molecule has 8 heteroatoms. The number of hydrogen-bond acceptors (Lipinski definition) is 5. The molecule has 0 saturated heterocycles. The van der Waals surface area contributed by atoms with Crippen LogP contribution < -0.4 is 9.47 Å². The number of benzene rings is 2. The molecule has 0 bridgehead atoms. The van der Waals surface area contributed by atoms with Gasteiger partial charge in [0, 0.05) is 29.9 Å². The molecule has 3 rings (SSSR count). The average Bonchev–Trinajstić information content (AvgIpc) is 2.78. The predicted molar refractivity (Wildman–Crippen MR) is 148 cm³/mol. The highest BCUT2D eigenvalue weighted by molar-refractivity contribution is 5.93. The van der Waals surface area contributed by atoms with Gasteiger partial charge in [0.1, 0.15) is 24.7 Å². The Labute approximate surface area is 217 Å². The van der Waals surface area contributed by atoms with E-state index in [1.165, 1.54) is 0 Å². The van der Waals surface area contributed by atoms with Gasteiger partial charge in [-0.2, -0.15) is 0 Å². The molecule has 0 amide bonds. The Morgan fingerprint density at radius 3 is 1.67 bits per heavy atom. The Balaban J connectivity index is 0.00000341. The summed E-state index contributed by atoms with van der Waals surface area (Å²) < 4.78 is 11.9. The molecule has 0 spiro atoms. The van der Waals surface area contributed by atoms with Crippen LogP contribution in [0.5, 0.6) is 11.5 Å². The fraction of sp³-hybridized carbons (Fsp3) is 0.480. The second-order valence-electron chi connectivity index (χ2n) is 7.45. The van der Waals surface area contributed by atoms with Gasteiger partial charge in [-0.1, -0.05) is 27.7 Å². The number of halogens is 3. The molecule has 0 radical (unpaired) electrons. The highest BCUT2D eigenvalue weighted by atomic mass is 35.5. The van der Waals surface area contributed by atoms with E-state index in [0.29, 0.717) is 13.2 Å². The van der Waals surface area contributed by atoms with Gasteiger partial charge in [0.05, 0.1) is 11.0 Å². The molecule has 0 aliphatic rings. The summed E-state index contributed by atoms with van der Waals surface area (Å²) in [5.74, 6) is 1.77. The Morgan fingerprint density at radius 2 is 1.12 bits per heavy atom. The van der Waals surface area contributed by atoms with Gasteiger partial charge in [-0.3, -0.25) is 0 Å². The Morgan fingerprint density at radius 1 is 0.606 bits per heavy atom. The van der Waals surface area contributed by atoms with Gasteiger partial charge in [0.15, 0.2) is 0 Å². The van der Waals surface area contributed by atoms with Crippen molar-refractivity contribution >= 4 is 59.0 Å². The third-order valence-electron chi connectivity index (χ3n) is 5.69. The Bertz CT molecular complexity index is 873. The first-order valence-corrected chi connectivity index (χ1v) is 11.2. The zero-order valence-electron chi connectivity index (χ0n) is 20.1. The van der Waals surface area contributed by atoms with E-state index in [2.05, 4.69) is 55.7 Å². The molecule has 5 nitrogen and oxygen atoms in total. The third kappa shape index (κ3) is 8.99. The van der Waals surface area contributed by atoms with Crippen LogP contribution >= 0.6 is 37.2 Å². The van der Waals surface area contributed by atoms with Crippen molar-refractivity contribution < 1.29 is 9.47 Å². The maximum atomic E-state index is 5.97. The van der Waals surface area contributed by atoms with Crippen LogP contribution in [0.2, 0.25) is 0 Å². The largest absolute Gasteiger partial charge is 0.492 e. The lowest BCUT2D eigenvalue weighted by atomic mass is 10.1. The maximum Gasteiger partial charge on any atom is 0.121 e. The molecule has 0 saturated carbocycles. The minimum absolute atomic E-state index is 0. The third-order valence-corrected chi connectivity index (χ3v) is 5.69. The van der Waals surface area contributed by atoms with Gasteiger partial charge in [0.25, 0.3) is 0 Å². The molecule has 33 heavy (non-hydrogen) atoms. The molecule has 1 aromatic heterocycles. The summed E-state index contributed by atoms with van der Waals surface area (Å²) in [6.45, 7) is 16.2. The number of pyridine rings is 1. The van der Waals surface area contributed by atoms with Gasteiger partial charge in [0.2, 0.25) is 0 Å². The van der Waals surface area contributed by atoms with Gasteiger partial charge in [-0.15, -0.1) is 37.2 Å². The van der Waals surface area contributed by atoms with E-state index in [9.17, 15) is 0 Å². The summed E-state index contributed by atoms with van der Waals surface area (Å²) in [6.07, 6.45) is 0. The normalized spacial score (nSPS) is 10.6. The Kier molecular flexibility index (Phi) is 15.4. The maximum absolute atomic E-state index is 5.97. The van der Waals surface area contributed by atoms with Crippen molar-refractivity contribution in [3.05, 3.63) is 42.5 Å². The summed E-state index contributed by atoms with van der Waals surface area (Å²) in [5.41, 5.74) is 1.93. The SMILES string of the molecule is CCN(CC)CCOc1ccc2nc3cc(OCCN(CC)CC)ccc3cc2c1.Cl.Cl.Cl. The molecule has 2 aromatic carbocycles. The van der Waals surface area contributed by atoms with Crippen LogP contribution in [0.15, 0.2) is 42.5 Å². The van der Waals surface area contributed by atoms with E-state index in [0.717, 1.165) is 72.6 Å². The second kappa shape index (κ2) is 16.2. The van der Waals surface area contributed by atoms with Crippen molar-refractivity contribution in [3.63, 3.8) is 0 Å². The molecule has 3 aromatic rings. The highest BCUT2D eigenvalue weighted by Crippen LogP contribution is 2.26. The van der Waals surface area contributed by atoms with Crippen LogP contribution in [0.25, 0.3) is 21.8 Å². The van der Waals surface area contributed by atoms with Gasteiger partial charge < -0.3 is 19.3 Å². The van der Waals surface area contributed by atoms with Crippen LogP contribution in [-0.2, 0) is 0 Å². The summed E-state index contributed by atoms with van der Waals surface area (Å²) in [5, 5.41) is 2.21. The zero-order valence-corrected chi connectivity index (χ0v) is 22.5. The monoisotopic (exact) mass is 517 g/mol. The van der Waals surface area contributed by atoms with Crippen LogP contribution in [0.4, 0.5) is 0 Å². The first-order chi connectivity index (χ1) is 14.7. The number of aromatic nitrogens is 1. The van der Waals surface area contributed by atoms with E-state index in [1.807, 2.05) is 24.3 Å². The van der Waals surface area contributed by atoms with Crippen LogP contribution in [0, 0.1) is 0 Å². The predicted octanol–water partition coefficient (Wildman–Crippen LogP) is 6.09. The minimum atomic E-state index is 0. The second-order valence-corrected chi connectivity index (χ2v) is 7.45. The zero-order chi connectivity index (χ0) is 21.3. The van der Waals surface area contributed by atoms with Crippen LogP contribution in [0.1, 0.15) is 27.7 Å². The van der Waals surface area contributed by atoms with Crippen molar-refractivity contribution in [1.29, 1.82) is 0 Å². The molecule has 0 aliphatic heterocycles. The van der Waals surface area contributed by atoms with E-state index in [4.69, 9.17) is 14.5 Å². The van der Waals surface area contributed by atoms with Crippen molar-refractivity contribution in [2.75, 3.05) is 52.5 Å². The standard InChI is InChI=1S/C25H35N3O2.3ClH/c1-5-27(6-2)13-15-29-22-11-12-24-21(18-22)17-20-9-10-23(19-25(20)26-24)30-16-14-28(7-3)8-4;;;/h9-12,17-19H,5-8,13-16H2,1-4H3;3*1H. The molecule has 0 unspecified atom stereocenters. The van der Waals surface area contributed by atoms with Gasteiger partial charge in [-0.05, 0) is 62.6 Å². The summed E-state index contributed by atoms with van der Waals surface area (Å²) in [7, 11) is 0. The lowest BCUT2D eigenvalue weighted by Gasteiger charge is -2.18.